The Morgan fingerprint density at radius 1 is 0.460 bits per heavy atom. The molecule has 0 saturated heterocycles. The standard InChI is InChI=1S/C48H33NO/c1-48(42-21-9-7-18-38(42)39-19-8-10-22-43(39)48)35-27-30-40-41-20-12-24-45(47(41)50-46(40)31-35)49(44-23-11-16-34-15-5-6-17-37(34)44)36-28-25-33(26-29-36)32-13-3-2-4-14-32/h2-31H,1H3. The molecule has 0 amide bonds. The molecule has 0 aliphatic heterocycles. The lowest BCUT2D eigenvalue weighted by atomic mass is 9.74. The number of hydrogen-bond donors (Lipinski definition) is 0. The summed E-state index contributed by atoms with van der Waals surface area (Å²) < 4.78 is 6.99. The summed E-state index contributed by atoms with van der Waals surface area (Å²) in [5.74, 6) is 0. The fraction of sp³-hybridized carbons (Fsp3) is 0.0417. The summed E-state index contributed by atoms with van der Waals surface area (Å²) in [6.45, 7) is 2.36. The summed E-state index contributed by atoms with van der Waals surface area (Å²) >= 11 is 0. The van der Waals surface area contributed by atoms with Gasteiger partial charge in [0.05, 0.1) is 11.4 Å². The summed E-state index contributed by atoms with van der Waals surface area (Å²) in [7, 11) is 0. The lowest BCUT2D eigenvalue weighted by Crippen LogP contribution is -2.22. The van der Waals surface area contributed by atoms with Crippen molar-refractivity contribution in [3.63, 3.8) is 0 Å². The zero-order chi connectivity index (χ0) is 33.2. The van der Waals surface area contributed by atoms with Crippen LogP contribution in [0.25, 0.3) is 55.0 Å². The van der Waals surface area contributed by atoms with Gasteiger partial charge in [0, 0.05) is 27.3 Å². The average Bonchev–Trinajstić information content (AvgIpc) is 3.69. The molecule has 0 bridgehead atoms. The van der Waals surface area contributed by atoms with E-state index >= 15 is 0 Å². The zero-order valence-electron chi connectivity index (χ0n) is 27.7. The Labute approximate surface area is 291 Å². The summed E-state index contributed by atoms with van der Waals surface area (Å²) in [5, 5.41) is 4.60. The summed E-state index contributed by atoms with van der Waals surface area (Å²) in [6.07, 6.45) is 0. The minimum atomic E-state index is -0.293. The van der Waals surface area contributed by atoms with Crippen molar-refractivity contribution < 1.29 is 4.42 Å². The van der Waals surface area contributed by atoms with Gasteiger partial charge >= 0.3 is 0 Å². The van der Waals surface area contributed by atoms with E-state index in [2.05, 4.69) is 194 Å². The average molecular weight is 640 g/mol. The lowest BCUT2D eigenvalue weighted by Gasteiger charge is -2.28. The highest BCUT2D eigenvalue weighted by Crippen LogP contribution is 2.53. The largest absolute Gasteiger partial charge is 0.454 e. The SMILES string of the molecule is CC1(c2ccc3c(c2)oc2c(N(c4ccc(-c5ccccc5)cc4)c4cccc5ccccc45)cccc23)c2ccccc2-c2ccccc21. The number of fused-ring (bicyclic) bond motifs is 7. The van der Waals surface area contributed by atoms with Crippen LogP contribution in [0, 0.1) is 0 Å². The van der Waals surface area contributed by atoms with Crippen LogP contribution < -0.4 is 4.90 Å². The second-order valence-corrected chi connectivity index (χ2v) is 13.4. The van der Waals surface area contributed by atoms with Crippen LogP contribution in [-0.2, 0) is 5.41 Å². The molecule has 1 heterocycles. The molecule has 0 radical (unpaired) electrons. The van der Waals surface area contributed by atoms with Crippen molar-refractivity contribution in [3.8, 4) is 22.3 Å². The van der Waals surface area contributed by atoms with Crippen LogP contribution >= 0.6 is 0 Å². The van der Waals surface area contributed by atoms with E-state index in [1.165, 1.54) is 49.7 Å². The van der Waals surface area contributed by atoms with Gasteiger partial charge in [0.25, 0.3) is 0 Å². The van der Waals surface area contributed by atoms with Crippen LogP contribution in [0.15, 0.2) is 186 Å². The molecular formula is C48H33NO. The van der Waals surface area contributed by atoms with Gasteiger partial charge in [-0.2, -0.15) is 0 Å². The summed E-state index contributed by atoms with van der Waals surface area (Å²) in [6, 6.07) is 65.6. The molecule has 2 heteroatoms. The first kappa shape index (κ1) is 28.6. The normalized spacial score (nSPS) is 13.1. The summed E-state index contributed by atoms with van der Waals surface area (Å²) in [4.78, 5) is 2.35. The van der Waals surface area contributed by atoms with E-state index < -0.39 is 0 Å². The van der Waals surface area contributed by atoms with Crippen molar-refractivity contribution in [1.29, 1.82) is 0 Å². The maximum Gasteiger partial charge on any atom is 0.159 e. The Kier molecular flexibility index (Phi) is 6.34. The van der Waals surface area contributed by atoms with E-state index in [-0.39, 0.29) is 5.41 Å². The molecule has 0 unspecified atom stereocenters. The first-order valence-electron chi connectivity index (χ1n) is 17.3. The molecule has 0 atom stereocenters. The van der Waals surface area contributed by atoms with Gasteiger partial charge < -0.3 is 9.32 Å². The first-order chi connectivity index (χ1) is 24.7. The van der Waals surface area contributed by atoms with Crippen LogP contribution in [0.1, 0.15) is 23.6 Å². The van der Waals surface area contributed by atoms with Gasteiger partial charge in [-0.3, -0.25) is 0 Å². The molecule has 0 N–H and O–H groups in total. The Morgan fingerprint density at radius 2 is 1.06 bits per heavy atom. The highest BCUT2D eigenvalue weighted by molar-refractivity contribution is 6.12. The molecule has 9 aromatic rings. The van der Waals surface area contributed by atoms with Gasteiger partial charge in [-0.15, -0.1) is 0 Å². The predicted molar refractivity (Wildman–Crippen MR) is 209 cm³/mol. The maximum atomic E-state index is 6.99. The van der Waals surface area contributed by atoms with Crippen LogP contribution in [-0.4, -0.2) is 0 Å². The molecular weight excluding hydrogens is 607 g/mol. The molecule has 8 aromatic carbocycles. The van der Waals surface area contributed by atoms with Gasteiger partial charge in [0.1, 0.15) is 5.58 Å². The molecule has 1 aliphatic rings. The van der Waals surface area contributed by atoms with Crippen molar-refractivity contribution >= 4 is 49.8 Å². The molecule has 236 valence electrons. The van der Waals surface area contributed by atoms with Gasteiger partial charge in [-0.1, -0.05) is 152 Å². The summed E-state index contributed by atoms with van der Waals surface area (Å²) in [5.41, 5.74) is 13.5. The molecule has 0 saturated carbocycles. The van der Waals surface area contributed by atoms with Crippen molar-refractivity contribution in [2.75, 3.05) is 4.90 Å². The van der Waals surface area contributed by atoms with Crippen molar-refractivity contribution in [2.45, 2.75) is 12.3 Å². The first-order valence-corrected chi connectivity index (χ1v) is 17.3. The second kappa shape index (κ2) is 11.1. The van der Waals surface area contributed by atoms with E-state index in [1.807, 2.05) is 0 Å². The minimum Gasteiger partial charge on any atom is -0.454 e. The molecule has 1 aliphatic carbocycles. The fourth-order valence-electron chi connectivity index (χ4n) is 8.28. The van der Waals surface area contributed by atoms with E-state index in [9.17, 15) is 0 Å². The molecule has 1 aromatic heterocycles. The molecule has 50 heavy (non-hydrogen) atoms. The third-order valence-corrected chi connectivity index (χ3v) is 10.8. The highest BCUT2D eigenvalue weighted by Gasteiger charge is 2.40. The van der Waals surface area contributed by atoms with Gasteiger partial charge in [-0.05, 0) is 81.6 Å². The molecule has 0 fully saturated rings. The van der Waals surface area contributed by atoms with E-state index in [1.54, 1.807) is 0 Å². The lowest BCUT2D eigenvalue weighted by molar-refractivity contribution is 0.662. The molecule has 2 nitrogen and oxygen atoms in total. The van der Waals surface area contributed by atoms with Crippen molar-refractivity contribution in [3.05, 3.63) is 199 Å². The number of benzene rings is 8. The predicted octanol–water partition coefficient (Wildman–Crippen LogP) is 13.2. The number of anilines is 3. The third-order valence-electron chi connectivity index (χ3n) is 10.8. The smallest absolute Gasteiger partial charge is 0.159 e. The molecule has 10 rings (SSSR count). The maximum absolute atomic E-state index is 6.99. The van der Waals surface area contributed by atoms with Crippen molar-refractivity contribution in [2.24, 2.45) is 0 Å². The number of furan rings is 1. The topological polar surface area (TPSA) is 16.4 Å². The molecule has 0 spiro atoms. The number of para-hydroxylation sites is 1. The van der Waals surface area contributed by atoms with Crippen molar-refractivity contribution in [1.82, 2.24) is 0 Å². The number of nitrogens with zero attached hydrogens (tertiary/aromatic N) is 1. The quantitative estimate of drug-likeness (QED) is 0.186. The van der Waals surface area contributed by atoms with Gasteiger partial charge in [0.15, 0.2) is 5.58 Å². The van der Waals surface area contributed by atoms with Gasteiger partial charge in [-0.25, -0.2) is 0 Å². The van der Waals surface area contributed by atoms with E-state index in [4.69, 9.17) is 4.42 Å². The van der Waals surface area contributed by atoms with Crippen LogP contribution in [0.4, 0.5) is 17.1 Å². The Balaban J connectivity index is 1.17. The van der Waals surface area contributed by atoms with Gasteiger partial charge in [0.2, 0.25) is 0 Å². The Morgan fingerprint density at radius 3 is 1.84 bits per heavy atom. The number of hydrogen-bond acceptors (Lipinski definition) is 2. The van der Waals surface area contributed by atoms with E-state index in [0.717, 1.165) is 39.0 Å². The Bertz CT molecular complexity index is 2670. The second-order valence-electron chi connectivity index (χ2n) is 13.4. The minimum absolute atomic E-state index is 0.293. The fourth-order valence-corrected chi connectivity index (χ4v) is 8.28. The van der Waals surface area contributed by atoms with Crippen LogP contribution in [0.2, 0.25) is 0 Å². The van der Waals surface area contributed by atoms with Crippen LogP contribution in [0.5, 0.6) is 0 Å². The number of rotatable bonds is 5. The monoisotopic (exact) mass is 639 g/mol. The van der Waals surface area contributed by atoms with Crippen LogP contribution in [0.3, 0.4) is 0 Å². The van der Waals surface area contributed by atoms with E-state index in [0.29, 0.717) is 0 Å². The Hall–Kier alpha value is -6.38. The highest BCUT2D eigenvalue weighted by atomic mass is 16.3. The zero-order valence-corrected chi connectivity index (χ0v) is 27.7. The third kappa shape index (κ3) is 4.22.